The fraction of sp³-hybridized carbons (Fsp3) is 0.800. The third kappa shape index (κ3) is 4.36. The van der Waals surface area contributed by atoms with E-state index in [1.165, 1.54) is 43.7 Å². The van der Waals surface area contributed by atoms with E-state index < -0.39 is 0 Å². The van der Waals surface area contributed by atoms with Gasteiger partial charge in [-0.3, -0.25) is 0 Å². The third-order valence-electron chi connectivity index (χ3n) is 3.95. The van der Waals surface area contributed by atoms with Crippen LogP contribution in [0.1, 0.15) is 44.5 Å². The summed E-state index contributed by atoms with van der Waals surface area (Å²) in [7, 11) is 0. The molecular formula is C15H26N2S. The molecule has 1 aliphatic rings. The first-order valence-electron chi connectivity index (χ1n) is 7.34. The fourth-order valence-corrected chi connectivity index (χ4v) is 3.67. The van der Waals surface area contributed by atoms with E-state index in [0.29, 0.717) is 0 Å². The van der Waals surface area contributed by atoms with E-state index in [9.17, 15) is 0 Å². The first-order valence-corrected chi connectivity index (χ1v) is 8.22. The molecule has 1 aliphatic carbocycles. The molecule has 2 rings (SSSR count). The average Bonchev–Trinajstić information content (AvgIpc) is 2.84. The zero-order valence-electron chi connectivity index (χ0n) is 11.7. The lowest BCUT2D eigenvalue weighted by molar-refractivity contribution is 0.226. The van der Waals surface area contributed by atoms with E-state index >= 15 is 0 Å². The molecule has 1 fully saturated rings. The van der Waals surface area contributed by atoms with Crippen LogP contribution in [0.25, 0.3) is 0 Å². The quantitative estimate of drug-likeness (QED) is 0.848. The van der Waals surface area contributed by atoms with Crippen LogP contribution in [-0.2, 0) is 6.42 Å². The molecule has 102 valence electrons. The Kier molecular flexibility index (Phi) is 5.64. The topological polar surface area (TPSA) is 24.9 Å². The van der Waals surface area contributed by atoms with Crippen molar-refractivity contribution in [1.29, 1.82) is 0 Å². The minimum Gasteiger partial charge on any atom is -0.316 e. The van der Waals surface area contributed by atoms with Gasteiger partial charge in [0.1, 0.15) is 0 Å². The molecule has 0 amide bonds. The second-order valence-electron chi connectivity index (χ2n) is 5.99. The van der Waals surface area contributed by atoms with Gasteiger partial charge >= 0.3 is 0 Å². The predicted molar refractivity (Wildman–Crippen MR) is 79.0 cm³/mol. The van der Waals surface area contributed by atoms with Crippen LogP contribution < -0.4 is 5.32 Å². The highest BCUT2D eigenvalue weighted by Gasteiger charge is 2.25. The Bertz CT molecular complexity index is 321. The first-order chi connectivity index (χ1) is 8.75. The Hall–Kier alpha value is -0.410. The van der Waals surface area contributed by atoms with E-state index in [1.54, 1.807) is 0 Å². The van der Waals surface area contributed by atoms with Crippen molar-refractivity contribution in [3.05, 3.63) is 16.6 Å². The van der Waals surface area contributed by atoms with E-state index in [4.69, 9.17) is 0 Å². The maximum absolute atomic E-state index is 4.45. The molecular weight excluding hydrogens is 240 g/mol. The van der Waals surface area contributed by atoms with Crippen LogP contribution in [-0.4, -0.2) is 18.1 Å². The van der Waals surface area contributed by atoms with Crippen molar-refractivity contribution in [2.75, 3.05) is 13.1 Å². The van der Waals surface area contributed by atoms with Crippen molar-refractivity contribution in [3.8, 4) is 0 Å². The van der Waals surface area contributed by atoms with E-state index in [0.717, 1.165) is 24.3 Å². The molecule has 1 N–H and O–H groups in total. The van der Waals surface area contributed by atoms with Gasteiger partial charge in [-0.2, -0.15) is 0 Å². The summed E-state index contributed by atoms with van der Waals surface area (Å²) in [6, 6.07) is 0. The van der Waals surface area contributed by atoms with Crippen molar-refractivity contribution in [2.24, 2.45) is 17.8 Å². The highest BCUT2D eigenvalue weighted by Crippen LogP contribution is 2.32. The van der Waals surface area contributed by atoms with E-state index in [2.05, 4.69) is 29.5 Å². The number of thiazole rings is 1. The Morgan fingerprint density at radius 2 is 2.11 bits per heavy atom. The van der Waals surface area contributed by atoms with Gasteiger partial charge in [-0.25, -0.2) is 4.98 Å². The number of aromatic nitrogens is 1. The second-order valence-corrected chi connectivity index (χ2v) is 6.97. The highest BCUT2D eigenvalue weighted by atomic mass is 32.1. The lowest BCUT2D eigenvalue weighted by Gasteiger charge is -2.31. The summed E-state index contributed by atoms with van der Waals surface area (Å²) in [5, 5.41) is 7.08. The number of rotatable bonds is 6. The molecule has 1 saturated carbocycles. The van der Waals surface area contributed by atoms with Gasteiger partial charge in [0, 0.05) is 18.0 Å². The largest absolute Gasteiger partial charge is 0.316 e. The minimum atomic E-state index is 0.756. The van der Waals surface area contributed by atoms with Gasteiger partial charge in [0.15, 0.2) is 0 Å². The Labute approximate surface area is 115 Å². The number of nitrogens with zero attached hydrogens (tertiary/aromatic N) is 1. The van der Waals surface area contributed by atoms with Gasteiger partial charge in [-0.1, -0.05) is 26.7 Å². The van der Waals surface area contributed by atoms with Crippen LogP contribution >= 0.6 is 11.3 Å². The summed E-state index contributed by atoms with van der Waals surface area (Å²) in [4.78, 5) is 4.45. The number of hydrogen-bond donors (Lipinski definition) is 1. The van der Waals surface area contributed by atoms with Crippen LogP contribution in [0.15, 0.2) is 11.6 Å². The predicted octanol–water partition coefficient (Wildman–Crippen LogP) is 3.74. The molecule has 0 saturated heterocycles. The van der Waals surface area contributed by atoms with Crippen LogP contribution in [0.2, 0.25) is 0 Å². The van der Waals surface area contributed by atoms with E-state index in [1.807, 2.05) is 17.5 Å². The van der Waals surface area contributed by atoms with Crippen molar-refractivity contribution in [3.63, 3.8) is 0 Å². The van der Waals surface area contributed by atoms with Gasteiger partial charge in [0.2, 0.25) is 0 Å². The highest BCUT2D eigenvalue weighted by molar-refractivity contribution is 7.09. The Morgan fingerprint density at radius 3 is 2.78 bits per heavy atom. The first kappa shape index (κ1) is 14.0. The molecule has 0 spiro atoms. The van der Waals surface area contributed by atoms with Crippen LogP contribution in [0.3, 0.4) is 0 Å². The van der Waals surface area contributed by atoms with Gasteiger partial charge in [-0.15, -0.1) is 11.3 Å². The lowest BCUT2D eigenvalue weighted by atomic mass is 9.77. The summed E-state index contributed by atoms with van der Waals surface area (Å²) in [5.41, 5.74) is 0. The van der Waals surface area contributed by atoms with Crippen molar-refractivity contribution in [1.82, 2.24) is 10.3 Å². The maximum Gasteiger partial charge on any atom is 0.0927 e. The van der Waals surface area contributed by atoms with Crippen molar-refractivity contribution < 1.29 is 0 Å². The number of hydrogen-bond acceptors (Lipinski definition) is 3. The maximum atomic E-state index is 4.45. The Balaban J connectivity index is 1.81. The molecule has 3 heteroatoms. The molecule has 18 heavy (non-hydrogen) atoms. The molecule has 0 bridgehead atoms. The summed E-state index contributed by atoms with van der Waals surface area (Å²) < 4.78 is 0. The smallest absolute Gasteiger partial charge is 0.0927 e. The van der Waals surface area contributed by atoms with Crippen molar-refractivity contribution >= 4 is 11.3 Å². The van der Waals surface area contributed by atoms with Crippen LogP contribution in [0.5, 0.6) is 0 Å². The van der Waals surface area contributed by atoms with Crippen LogP contribution in [0.4, 0.5) is 0 Å². The van der Waals surface area contributed by atoms with Gasteiger partial charge in [0.05, 0.1) is 5.01 Å². The summed E-state index contributed by atoms with van der Waals surface area (Å²) in [5.74, 6) is 2.47. The fourth-order valence-electron chi connectivity index (χ4n) is 2.96. The molecule has 2 unspecified atom stereocenters. The molecule has 2 atom stereocenters. The SMILES string of the molecule is CC(C)CNCC1CCCCC1Cc1nccs1. The van der Waals surface area contributed by atoms with Gasteiger partial charge in [-0.05, 0) is 43.7 Å². The molecule has 1 aromatic rings. The molecule has 2 nitrogen and oxygen atoms in total. The zero-order chi connectivity index (χ0) is 12.8. The molecule has 1 aromatic heterocycles. The monoisotopic (exact) mass is 266 g/mol. The average molecular weight is 266 g/mol. The number of nitrogens with one attached hydrogen (secondary N) is 1. The minimum absolute atomic E-state index is 0.756. The van der Waals surface area contributed by atoms with Crippen molar-refractivity contribution in [2.45, 2.75) is 46.0 Å². The zero-order valence-corrected chi connectivity index (χ0v) is 12.5. The second kappa shape index (κ2) is 7.25. The normalized spacial score (nSPS) is 24.6. The summed E-state index contributed by atoms with van der Waals surface area (Å²) >= 11 is 1.82. The van der Waals surface area contributed by atoms with E-state index in [-0.39, 0.29) is 0 Å². The van der Waals surface area contributed by atoms with Crippen LogP contribution in [0, 0.1) is 17.8 Å². The third-order valence-corrected chi connectivity index (χ3v) is 4.75. The Morgan fingerprint density at radius 1 is 1.33 bits per heavy atom. The van der Waals surface area contributed by atoms with Gasteiger partial charge in [0.25, 0.3) is 0 Å². The molecule has 0 aliphatic heterocycles. The molecule has 1 heterocycles. The summed E-state index contributed by atoms with van der Waals surface area (Å²) in [6.07, 6.45) is 8.77. The van der Waals surface area contributed by atoms with Gasteiger partial charge < -0.3 is 5.32 Å². The molecule has 0 aromatic carbocycles. The summed E-state index contributed by atoms with van der Waals surface area (Å²) in [6.45, 7) is 6.91. The molecule has 0 radical (unpaired) electrons. The lowest BCUT2D eigenvalue weighted by Crippen LogP contribution is -2.33. The standard InChI is InChI=1S/C15H26N2S/c1-12(2)10-16-11-14-6-4-3-5-13(14)9-15-17-7-8-18-15/h7-8,12-14,16H,3-6,9-11H2,1-2H3.